The molecule has 0 unspecified atom stereocenters. The fraction of sp³-hybridized carbons (Fsp3) is 0.733. The van der Waals surface area contributed by atoms with Crippen LogP contribution in [0.4, 0.5) is 11.8 Å². The van der Waals surface area contributed by atoms with Crippen LogP contribution in [-0.2, 0) is 0 Å². The topological polar surface area (TPSA) is 41.1 Å². The van der Waals surface area contributed by atoms with Crippen LogP contribution in [-0.4, -0.2) is 30.1 Å². The zero-order valence-electron chi connectivity index (χ0n) is 12.8. The minimum Gasteiger partial charge on any atom is -0.357 e. The summed E-state index contributed by atoms with van der Waals surface area (Å²) in [4.78, 5) is 11.2. The van der Waals surface area contributed by atoms with Gasteiger partial charge in [0.05, 0.1) is 0 Å². The van der Waals surface area contributed by atoms with Crippen LogP contribution in [0.5, 0.6) is 0 Å². The maximum absolute atomic E-state index is 4.57. The molecule has 106 valence electrons. The van der Waals surface area contributed by atoms with Crippen LogP contribution in [0, 0.1) is 12.3 Å². The van der Waals surface area contributed by atoms with E-state index in [0.29, 0.717) is 17.4 Å². The van der Waals surface area contributed by atoms with E-state index in [4.69, 9.17) is 0 Å². The molecule has 0 atom stereocenters. The Kier molecular flexibility index (Phi) is 3.97. The van der Waals surface area contributed by atoms with Crippen LogP contribution >= 0.6 is 0 Å². The number of nitrogens with zero attached hydrogens (tertiary/aromatic N) is 3. The first-order valence-electron chi connectivity index (χ1n) is 7.17. The fourth-order valence-corrected chi connectivity index (χ4v) is 2.80. The summed E-state index contributed by atoms with van der Waals surface area (Å²) in [5.74, 6) is 1.74. The van der Waals surface area contributed by atoms with Crippen molar-refractivity contribution in [2.75, 3.05) is 24.3 Å². The van der Waals surface area contributed by atoms with E-state index in [0.717, 1.165) is 11.5 Å². The quantitative estimate of drug-likeness (QED) is 0.908. The van der Waals surface area contributed by atoms with Crippen molar-refractivity contribution in [2.24, 2.45) is 5.41 Å². The molecule has 0 saturated heterocycles. The van der Waals surface area contributed by atoms with E-state index in [1.807, 2.05) is 14.0 Å². The fourth-order valence-electron chi connectivity index (χ4n) is 2.80. The highest BCUT2D eigenvalue weighted by Gasteiger charge is 2.29. The predicted octanol–water partition coefficient (Wildman–Crippen LogP) is 3.23. The second-order valence-corrected chi connectivity index (χ2v) is 6.45. The molecular weight excluding hydrogens is 236 g/mol. The van der Waals surface area contributed by atoms with Crippen LogP contribution in [0.1, 0.15) is 45.2 Å². The highest BCUT2D eigenvalue weighted by atomic mass is 15.2. The largest absolute Gasteiger partial charge is 0.357 e. The average molecular weight is 262 g/mol. The first-order chi connectivity index (χ1) is 8.91. The molecule has 4 heteroatoms. The van der Waals surface area contributed by atoms with Gasteiger partial charge < -0.3 is 10.2 Å². The van der Waals surface area contributed by atoms with Gasteiger partial charge in [0, 0.05) is 31.9 Å². The number of nitrogens with one attached hydrogen (secondary N) is 1. The van der Waals surface area contributed by atoms with E-state index in [2.05, 4.69) is 47.1 Å². The van der Waals surface area contributed by atoms with E-state index in [1.165, 1.54) is 25.7 Å². The number of rotatable bonds is 3. The van der Waals surface area contributed by atoms with E-state index in [1.54, 1.807) is 0 Å². The van der Waals surface area contributed by atoms with Crippen molar-refractivity contribution in [1.29, 1.82) is 0 Å². The summed E-state index contributed by atoms with van der Waals surface area (Å²) < 4.78 is 0. The molecule has 1 N–H and O–H groups in total. The first-order valence-corrected chi connectivity index (χ1v) is 7.17. The van der Waals surface area contributed by atoms with Crippen LogP contribution in [0.15, 0.2) is 6.07 Å². The molecule has 1 fully saturated rings. The average Bonchev–Trinajstić information content (AvgIpc) is 2.37. The Morgan fingerprint density at radius 2 is 1.89 bits per heavy atom. The predicted molar refractivity (Wildman–Crippen MR) is 80.8 cm³/mol. The molecule has 1 heterocycles. The van der Waals surface area contributed by atoms with Crippen molar-refractivity contribution in [2.45, 2.75) is 52.5 Å². The zero-order valence-corrected chi connectivity index (χ0v) is 12.8. The lowest BCUT2D eigenvalue weighted by Gasteiger charge is -2.39. The van der Waals surface area contributed by atoms with Crippen molar-refractivity contribution in [3.8, 4) is 0 Å². The number of anilines is 2. The molecule has 0 aromatic carbocycles. The molecule has 1 aromatic heterocycles. The lowest BCUT2D eigenvalue weighted by molar-refractivity contribution is 0.222. The van der Waals surface area contributed by atoms with Crippen molar-refractivity contribution in [3.63, 3.8) is 0 Å². The summed E-state index contributed by atoms with van der Waals surface area (Å²) >= 11 is 0. The summed E-state index contributed by atoms with van der Waals surface area (Å²) in [5.41, 5.74) is 1.52. The molecule has 0 amide bonds. The SMILES string of the molecule is CNc1nc(C)cc(N(C)C2CCC(C)(C)CC2)n1. The molecule has 1 aromatic rings. The van der Waals surface area contributed by atoms with E-state index >= 15 is 0 Å². The van der Waals surface area contributed by atoms with Gasteiger partial charge in [-0.1, -0.05) is 13.8 Å². The maximum atomic E-state index is 4.57. The third-order valence-corrected chi connectivity index (χ3v) is 4.28. The Morgan fingerprint density at radius 1 is 1.26 bits per heavy atom. The van der Waals surface area contributed by atoms with Gasteiger partial charge in [-0.15, -0.1) is 0 Å². The second kappa shape index (κ2) is 5.35. The van der Waals surface area contributed by atoms with Crippen molar-refractivity contribution in [1.82, 2.24) is 9.97 Å². The highest BCUT2D eigenvalue weighted by molar-refractivity contribution is 5.44. The van der Waals surface area contributed by atoms with Gasteiger partial charge in [-0.25, -0.2) is 4.98 Å². The Hall–Kier alpha value is -1.32. The molecule has 1 saturated carbocycles. The van der Waals surface area contributed by atoms with Gasteiger partial charge in [-0.05, 0) is 38.0 Å². The summed E-state index contributed by atoms with van der Waals surface area (Å²) in [6, 6.07) is 2.67. The number of aromatic nitrogens is 2. The molecule has 0 spiro atoms. The molecule has 1 aliphatic rings. The van der Waals surface area contributed by atoms with E-state index in [-0.39, 0.29) is 0 Å². The van der Waals surface area contributed by atoms with Crippen molar-refractivity contribution in [3.05, 3.63) is 11.8 Å². The smallest absolute Gasteiger partial charge is 0.224 e. The third kappa shape index (κ3) is 3.37. The second-order valence-electron chi connectivity index (χ2n) is 6.45. The van der Waals surface area contributed by atoms with Gasteiger partial charge in [-0.2, -0.15) is 4.98 Å². The monoisotopic (exact) mass is 262 g/mol. The lowest BCUT2D eigenvalue weighted by atomic mass is 9.75. The Labute approximate surface area is 116 Å². The van der Waals surface area contributed by atoms with Gasteiger partial charge in [0.15, 0.2) is 0 Å². The van der Waals surface area contributed by atoms with Gasteiger partial charge in [0.25, 0.3) is 0 Å². The molecule has 0 bridgehead atoms. The summed E-state index contributed by atoms with van der Waals surface area (Å²) in [7, 11) is 4.02. The van der Waals surface area contributed by atoms with Gasteiger partial charge >= 0.3 is 0 Å². The number of hydrogen-bond donors (Lipinski definition) is 1. The summed E-state index contributed by atoms with van der Waals surface area (Å²) in [5, 5.41) is 3.03. The molecule has 1 aliphatic carbocycles. The van der Waals surface area contributed by atoms with Crippen LogP contribution in [0.3, 0.4) is 0 Å². The minimum absolute atomic E-state index is 0.509. The van der Waals surface area contributed by atoms with Crippen LogP contribution < -0.4 is 10.2 Å². The molecule has 0 aliphatic heterocycles. The standard InChI is InChI=1S/C15H26N4/c1-11-10-13(18-14(16-4)17-11)19(5)12-6-8-15(2,3)9-7-12/h10,12H,6-9H2,1-5H3,(H,16,17,18). The molecule has 2 rings (SSSR count). The first kappa shape index (κ1) is 14.1. The molecular formula is C15H26N4. The summed E-state index contributed by atoms with van der Waals surface area (Å²) in [6.45, 7) is 6.76. The van der Waals surface area contributed by atoms with Crippen LogP contribution in [0.25, 0.3) is 0 Å². The van der Waals surface area contributed by atoms with E-state index < -0.39 is 0 Å². The highest BCUT2D eigenvalue weighted by Crippen LogP contribution is 2.37. The van der Waals surface area contributed by atoms with Gasteiger partial charge in [0.1, 0.15) is 5.82 Å². The Morgan fingerprint density at radius 3 is 2.47 bits per heavy atom. The normalized spacial score (nSPS) is 19.2. The third-order valence-electron chi connectivity index (χ3n) is 4.28. The molecule has 0 radical (unpaired) electrons. The van der Waals surface area contributed by atoms with Crippen molar-refractivity contribution < 1.29 is 0 Å². The summed E-state index contributed by atoms with van der Waals surface area (Å²) in [6.07, 6.45) is 5.10. The molecule has 4 nitrogen and oxygen atoms in total. The Bertz CT molecular complexity index is 432. The zero-order chi connectivity index (χ0) is 14.0. The Balaban J connectivity index is 2.11. The van der Waals surface area contributed by atoms with Crippen LogP contribution in [0.2, 0.25) is 0 Å². The maximum Gasteiger partial charge on any atom is 0.224 e. The minimum atomic E-state index is 0.509. The number of aryl methyl sites for hydroxylation is 1. The molecule has 19 heavy (non-hydrogen) atoms. The van der Waals surface area contributed by atoms with Gasteiger partial charge in [-0.3, -0.25) is 0 Å². The van der Waals surface area contributed by atoms with Gasteiger partial charge in [0.2, 0.25) is 5.95 Å². The van der Waals surface area contributed by atoms with Crippen molar-refractivity contribution >= 4 is 11.8 Å². The lowest BCUT2D eigenvalue weighted by Crippen LogP contribution is -2.37. The van der Waals surface area contributed by atoms with E-state index in [9.17, 15) is 0 Å². The number of hydrogen-bond acceptors (Lipinski definition) is 4.